The van der Waals surface area contributed by atoms with Gasteiger partial charge >= 0.3 is 5.97 Å². The molecule has 1 saturated carbocycles. The number of fused-ring (bicyclic) bond motifs is 1. The van der Waals surface area contributed by atoms with Crippen LogP contribution < -0.4 is 0 Å². The summed E-state index contributed by atoms with van der Waals surface area (Å²) in [5, 5.41) is 21.2. The number of benzene rings is 3. The topological polar surface area (TPSA) is 70.4 Å². The van der Waals surface area contributed by atoms with Crippen molar-refractivity contribution in [3.63, 3.8) is 0 Å². The van der Waals surface area contributed by atoms with Crippen LogP contribution in [0.4, 0.5) is 0 Å². The molecular formula is C35H36ClNO3S. The largest absolute Gasteiger partial charge is 0.481 e. The van der Waals surface area contributed by atoms with E-state index in [1.54, 1.807) is 0 Å². The molecule has 0 saturated heterocycles. The summed E-state index contributed by atoms with van der Waals surface area (Å²) in [6.45, 7) is 1.83. The molecule has 1 aliphatic carbocycles. The Morgan fingerprint density at radius 2 is 1.85 bits per heavy atom. The van der Waals surface area contributed by atoms with Gasteiger partial charge in [0.25, 0.3) is 0 Å². The first kappa shape index (κ1) is 29.4. The molecule has 0 spiro atoms. The lowest BCUT2D eigenvalue weighted by Gasteiger charge is -2.23. The molecule has 4 aromatic rings. The summed E-state index contributed by atoms with van der Waals surface area (Å²) in [4.78, 5) is 16.0. The second kappa shape index (κ2) is 13.2. The molecule has 0 amide bonds. The van der Waals surface area contributed by atoms with E-state index < -0.39 is 12.1 Å². The predicted molar refractivity (Wildman–Crippen MR) is 172 cm³/mol. The maximum atomic E-state index is 11.3. The monoisotopic (exact) mass is 585 g/mol. The summed E-state index contributed by atoms with van der Waals surface area (Å²) in [6, 6.07) is 26.9. The molecule has 2 atom stereocenters. The minimum Gasteiger partial charge on any atom is -0.481 e. The lowest BCUT2D eigenvalue weighted by molar-refractivity contribution is -0.138. The number of rotatable bonds is 13. The number of aromatic nitrogens is 1. The number of carboxylic acid groups (broad SMARTS) is 1. The predicted octanol–water partition coefficient (Wildman–Crippen LogP) is 8.49. The molecule has 2 N–H and O–H groups in total. The summed E-state index contributed by atoms with van der Waals surface area (Å²) in [7, 11) is 0. The van der Waals surface area contributed by atoms with E-state index >= 15 is 0 Å². The second-order valence-corrected chi connectivity index (χ2v) is 12.8. The third kappa shape index (κ3) is 8.00. The van der Waals surface area contributed by atoms with Crippen molar-refractivity contribution in [2.75, 3.05) is 11.5 Å². The van der Waals surface area contributed by atoms with Crippen molar-refractivity contribution < 1.29 is 15.0 Å². The average molecular weight is 586 g/mol. The van der Waals surface area contributed by atoms with Gasteiger partial charge in [0.05, 0.1) is 23.7 Å². The zero-order chi connectivity index (χ0) is 28.8. The van der Waals surface area contributed by atoms with Gasteiger partial charge < -0.3 is 10.2 Å². The Labute approximate surface area is 251 Å². The number of pyridine rings is 1. The number of aliphatic carboxylic acids is 1. The van der Waals surface area contributed by atoms with Crippen LogP contribution in [-0.2, 0) is 11.2 Å². The van der Waals surface area contributed by atoms with Crippen molar-refractivity contribution in [3.8, 4) is 0 Å². The van der Waals surface area contributed by atoms with Crippen LogP contribution in [0.3, 0.4) is 0 Å². The average Bonchev–Trinajstić information content (AvgIpc) is 3.70. The molecule has 1 aliphatic rings. The smallest absolute Gasteiger partial charge is 0.303 e. The molecule has 4 nitrogen and oxygen atoms in total. The summed E-state index contributed by atoms with van der Waals surface area (Å²) in [5.41, 5.74) is 6.48. The van der Waals surface area contributed by atoms with Gasteiger partial charge in [0, 0.05) is 16.3 Å². The summed E-state index contributed by atoms with van der Waals surface area (Å²) in [5.74, 6) is 1.31. The zero-order valence-corrected chi connectivity index (χ0v) is 24.9. The van der Waals surface area contributed by atoms with Crippen LogP contribution in [-0.4, -0.2) is 38.8 Å². The Morgan fingerprint density at radius 3 is 2.63 bits per heavy atom. The van der Waals surface area contributed by atoms with Gasteiger partial charge in [-0.25, -0.2) is 4.98 Å². The van der Waals surface area contributed by atoms with Crippen molar-refractivity contribution in [2.45, 2.75) is 51.0 Å². The fourth-order valence-corrected chi connectivity index (χ4v) is 7.04. The first-order valence-corrected chi connectivity index (χ1v) is 15.7. The van der Waals surface area contributed by atoms with Gasteiger partial charge in [-0.2, -0.15) is 11.8 Å². The van der Waals surface area contributed by atoms with Gasteiger partial charge in [-0.05, 0) is 96.1 Å². The van der Waals surface area contributed by atoms with E-state index in [9.17, 15) is 15.0 Å². The molecule has 3 aromatic carbocycles. The first-order valence-electron chi connectivity index (χ1n) is 14.2. The highest BCUT2D eigenvalue weighted by Crippen LogP contribution is 2.51. The highest BCUT2D eigenvalue weighted by molar-refractivity contribution is 7.99. The number of thioether (sulfide) groups is 1. The van der Waals surface area contributed by atoms with E-state index in [0.717, 1.165) is 52.9 Å². The highest BCUT2D eigenvalue weighted by atomic mass is 35.5. The SMILES string of the molecule is CC(O)Cc1ccccc1[C@H](CCSCC1(CC(=O)O)CC1)c1cccc(C=Cc2ccc3ccc(Cl)cc3n2)c1. The molecule has 0 bridgehead atoms. The Bertz CT molecular complexity index is 1550. The first-order chi connectivity index (χ1) is 19.8. The van der Waals surface area contributed by atoms with Crippen molar-refractivity contribution in [1.82, 2.24) is 4.98 Å². The Morgan fingerprint density at radius 1 is 1.05 bits per heavy atom. The van der Waals surface area contributed by atoms with Crippen molar-refractivity contribution in [3.05, 3.63) is 112 Å². The summed E-state index contributed by atoms with van der Waals surface area (Å²) < 4.78 is 0. The Kier molecular flexibility index (Phi) is 9.49. The van der Waals surface area contributed by atoms with Gasteiger partial charge in [-0.3, -0.25) is 4.79 Å². The molecule has 1 aromatic heterocycles. The standard InChI is InChI=1S/C35H36ClNO3S/c1-24(38)19-27-6-2-3-8-31(27)32(15-18-41-23-35(16-17-35)22-34(39)40)28-7-4-5-25(20-28)9-13-30-14-11-26-10-12-29(36)21-33(26)37-30/h2-14,20-21,24,32,38H,15-19,22-23H2,1H3,(H,39,40)/t24?,32-/m1/s1. The van der Waals surface area contributed by atoms with Gasteiger partial charge in [0.15, 0.2) is 0 Å². The van der Waals surface area contributed by atoms with Crippen LogP contribution in [0.5, 0.6) is 0 Å². The second-order valence-electron chi connectivity index (χ2n) is 11.3. The molecule has 6 heteroatoms. The normalized spacial score (nSPS) is 15.7. The van der Waals surface area contributed by atoms with E-state index in [1.165, 1.54) is 16.7 Å². The van der Waals surface area contributed by atoms with Crippen LogP contribution in [0.15, 0.2) is 78.9 Å². The number of hydrogen-bond donors (Lipinski definition) is 2. The third-order valence-electron chi connectivity index (χ3n) is 7.82. The maximum absolute atomic E-state index is 11.3. The Hall–Kier alpha value is -3.12. The van der Waals surface area contributed by atoms with Crippen molar-refractivity contribution >= 4 is 52.4 Å². The van der Waals surface area contributed by atoms with Gasteiger partial charge in [-0.1, -0.05) is 78.3 Å². The van der Waals surface area contributed by atoms with Gasteiger partial charge in [0.1, 0.15) is 0 Å². The molecule has 0 aliphatic heterocycles. The number of hydrogen-bond acceptors (Lipinski definition) is 4. The third-order valence-corrected chi connectivity index (χ3v) is 9.40. The van der Waals surface area contributed by atoms with E-state index in [4.69, 9.17) is 16.6 Å². The maximum Gasteiger partial charge on any atom is 0.303 e. The van der Waals surface area contributed by atoms with Crippen LogP contribution in [0.2, 0.25) is 5.02 Å². The Balaban J connectivity index is 1.37. The molecule has 1 fully saturated rings. The van der Waals surface area contributed by atoms with Crippen LogP contribution >= 0.6 is 23.4 Å². The lowest BCUT2D eigenvalue weighted by atomic mass is 9.84. The lowest BCUT2D eigenvalue weighted by Crippen LogP contribution is -2.13. The number of carbonyl (C=O) groups is 1. The number of aliphatic hydroxyl groups excluding tert-OH is 1. The van der Waals surface area contributed by atoms with Crippen molar-refractivity contribution in [1.29, 1.82) is 0 Å². The number of nitrogens with zero attached hydrogens (tertiary/aromatic N) is 1. The molecule has 1 heterocycles. The van der Waals surface area contributed by atoms with Gasteiger partial charge in [-0.15, -0.1) is 0 Å². The van der Waals surface area contributed by atoms with Crippen LogP contribution in [0, 0.1) is 5.41 Å². The molecule has 1 unspecified atom stereocenters. The molecular weight excluding hydrogens is 550 g/mol. The van der Waals surface area contributed by atoms with E-state index in [2.05, 4.69) is 54.6 Å². The zero-order valence-electron chi connectivity index (χ0n) is 23.3. The minimum atomic E-state index is -0.694. The van der Waals surface area contributed by atoms with Gasteiger partial charge in [0.2, 0.25) is 0 Å². The minimum absolute atomic E-state index is 0.0108. The van der Waals surface area contributed by atoms with E-state index in [-0.39, 0.29) is 17.8 Å². The van der Waals surface area contributed by atoms with Crippen molar-refractivity contribution in [2.24, 2.45) is 5.41 Å². The molecule has 0 radical (unpaired) electrons. The van der Waals surface area contributed by atoms with Crippen LogP contribution in [0.1, 0.15) is 66.5 Å². The number of carboxylic acids is 1. The quantitative estimate of drug-likeness (QED) is 0.154. The molecule has 212 valence electrons. The highest BCUT2D eigenvalue weighted by Gasteiger charge is 2.44. The fourth-order valence-electron chi connectivity index (χ4n) is 5.50. The molecule has 41 heavy (non-hydrogen) atoms. The number of aliphatic hydroxyl groups is 1. The fraction of sp³-hybridized carbons (Fsp3) is 0.314. The summed E-state index contributed by atoms with van der Waals surface area (Å²) >= 11 is 8.05. The summed E-state index contributed by atoms with van der Waals surface area (Å²) in [6.07, 6.45) is 7.55. The molecule has 5 rings (SSSR count). The number of halogens is 1. The van der Waals surface area contributed by atoms with E-state index in [0.29, 0.717) is 11.4 Å². The van der Waals surface area contributed by atoms with E-state index in [1.807, 2.05) is 55.1 Å². The van der Waals surface area contributed by atoms with Crippen LogP contribution in [0.25, 0.3) is 23.1 Å².